The van der Waals surface area contributed by atoms with Gasteiger partial charge in [-0.25, -0.2) is 0 Å². The molecule has 0 spiro atoms. The van der Waals surface area contributed by atoms with Crippen LogP contribution in [0, 0.1) is 27.7 Å². The average molecular weight is 297 g/mol. The molecule has 0 saturated carbocycles. The summed E-state index contributed by atoms with van der Waals surface area (Å²) < 4.78 is 5.74. The molecule has 2 aromatic rings. The van der Waals surface area contributed by atoms with Crippen LogP contribution in [-0.2, 0) is 4.79 Å². The van der Waals surface area contributed by atoms with Crippen molar-refractivity contribution in [2.45, 2.75) is 40.7 Å². The number of nitrogens with one attached hydrogen (secondary N) is 1. The highest BCUT2D eigenvalue weighted by molar-refractivity contribution is 5.94. The van der Waals surface area contributed by atoms with Crippen LogP contribution in [0.5, 0.6) is 5.75 Å². The molecule has 2 aromatic carbocycles. The van der Waals surface area contributed by atoms with Crippen molar-refractivity contribution in [2.75, 3.05) is 5.32 Å². The molecule has 0 heterocycles. The summed E-state index contributed by atoms with van der Waals surface area (Å²) in [6.45, 7) is 9.82. The van der Waals surface area contributed by atoms with Crippen LogP contribution in [0.3, 0.4) is 0 Å². The Balaban J connectivity index is 2.05. The van der Waals surface area contributed by atoms with Gasteiger partial charge in [0.2, 0.25) is 0 Å². The summed E-state index contributed by atoms with van der Waals surface area (Å²) in [4.78, 5) is 12.3. The van der Waals surface area contributed by atoms with Crippen LogP contribution in [0.15, 0.2) is 36.4 Å². The van der Waals surface area contributed by atoms with Gasteiger partial charge in [-0.3, -0.25) is 4.79 Å². The fraction of sp³-hybridized carbons (Fsp3) is 0.316. The van der Waals surface area contributed by atoms with E-state index in [9.17, 15) is 4.79 Å². The molecule has 0 aliphatic carbocycles. The number of carbonyl (C=O) groups is 1. The molecular weight excluding hydrogens is 274 g/mol. The van der Waals surface area contributed by atoms with E-state index in [1.807, 2.05) is 57.2 Å². The fourth-order valence-corrected chi connectivity index (χ4v) is 2.15. The van der Waals surface area contributed by atoms with Gasteiger partial charge in [-0.1, -0.05) is 18.2 Å². The van der Waals surface area contributed by atoms with Crippen molar-refractivity contribution < 1.29 is 9.53 Å². The maximum absolute atomic E-state index is 12.3. The van der Waals surface area contributed by atoms with Crippen LogP contribution < -0.4 is 10.1 Å². The zero-order chi connectivity index (χ0) is 16.3. The van der Waals surface area contributed by atoms with Crippen molar-refractivity contribution in [1.29, 1.82) is 0 Å². The van der Waals surface area contributed by atoms with Crippen molar-refractivity contribution in [3.8, 4) is 5.75 Å². The summed E-state index contributed by atoms with van der Waals surface area (Å²) in [5.74, 6) is 0.568. The summed E-state index contributed by atoms with van der Waals surface area (Å²) in [5.41, 5.74) is 5.35. The first-order valence-corrected chi connectivity index (χ1v) is 7.49. The van der Waals surface area contributed by atoms with Gasteiger partial charge < -0.3 is 10.1 Å². The Morgan fingerprint density at radius 3 is 2.32 bits per heavy atom. The van der Waals surface area contributed by atoms with Gasteiger partial charge in [-0.15, -0.1) is 0 Å². The van der Waals surface area contributed by atoms with Gasteiger partial charge in [-0.05, 0) is 75.1 Å². The second-order valence-corrected chi connectivity index (χ2v) is 5.81. The van der Waals surface area contributed by atoms with Gasteiger partial charge in [-0.2, -0.15) is 0 Å². The molecule has 0 fully saturated rings. The van der Waals surface area contributed by atoms with Gasteiger partial charge >= 0.3 is 0 Å². The number of amides is 1. The quantitative estimate of drug-likeness (QED) is 0.912. The molecule has 0 unspecified atom stereocenters. The molecule has 0 aromatic heterocycles. The molecule has 2 rings (SSSR count). The lowest BCUT2D eigenvalue weighted by Crippen LogP contribution is -2.30. The van der Waals surface area contributed by atoms with Crippen molar-refractivity contribution in [3.05, 3.63) is 58.7 Å². The molecular formula is C19H23NO2. The van der Waals surface area contributed by atoms with Crippen molar-refractivity contribution in [3.63, 3.8) is 0 Å². The summed E-state index contributed by atoms with van der Waals surface area (Å²) in [6.07, 6.45) is -0.554. The average Bonchev–Trinajstić information content (AvgIpc) is 2.46. The standard InChI is InChI=1S/C19H23NO2/c1-12-6-7-14(3)18(10-12)20-19(21)16(5)22-17-9-8-13(2)15(4)11-17/h6-11,16H,1-5H3,(H,20,21)/t16-/m0/s1. The number of hydrogen-bond acceptors (Lipinski definition) is 2. The lowest BCUT2D eigenvalue weighted by molar-refractivity contribution is -0.122. The Morgan fingerprint density at radius 2 is 1.64 bits per heavy atom. The van der Waals surface area contributed by atoms with Crippen LogP contribution >= 0.6 is 0 Å². The highest BCUT2D eigenvalue weighted by Crippen LogP contribution is 2.20. The molecule has 3 nitrogen and oxygen atoms in total. The summed E-state index contributed by atoms with van der Waals surface area (Å²) in [7, 11) is 0. The Morgan fingerprint density at radius 1 is 0.955 bits per heavy atom. The predicted octanol–water partition coefficient (Wildman–Crippen LogP) is 4.33. The fourth-order valence-electron chi connectivity index (χ4n) is 2.15. The Hall–Kier alpha value is -2.29. The zero-order valence-corrected chi connectivity index (χ0v) is 13.9. The summed E-state index contributed by atoms with van der Waals surface area (Å²) in [5, 5.41) is 2.93. The van der Waals surface area contributed by atoms with Gasteiger partial charge in [0.25, 0.3) is 5.91 Å². The molecule has 0 bridgehead atoms. The molecule has 0 aliphatic rings. The third-order valence-corrected chi connectivity index (χ3v) is 3.81. The van der Waals surface area contributed by atoms with Crippen LogP contribution in [0.1, 0.15) is 29.2 Å². The number of carbonyl (C=O) groups excluding carboxylic acids is 1. The molecule has 1 amide bonds. The Kier molecular flexibility index (Phi) is 4.86. The van der Waals surface area contributed by atoms with Gasteiger partial charge in [0.1, 0.15) is 5.75 Å². The van der Waals surface area contributed by atoms with E-state index in [0.717, 1.165) is 22.4 Å². The molecule has 0 radical (unpaired) electrons. The van der Waals surface area contributed by atoms with Crippen LogP contribution in [0.25, 0.3) is 0 Å². The number of rotatable bonds is 4. The van der Waals surface area contributed by atoms with E-state index in [-0.39, 0.29) is 5.91 Å². The van der Waals surface area contributed by atoms with Gasteiger partial charge in [0.15, 0.2) is 6.10 Å². The molecule has 116 valence electrons. The highest BCUT2D eigenvalue weighted by Gasteiger charge is 2.16. The van der Waals surface area contributed by atoms with E-state index < -0.39 is 6.10 Å². The number of ether oxygens (including phenoxy) is 1. The van der Waals surface area contributed by atoms with Gasteiger partial charge in [0.05, 0.1) is 0 Å². The van der Waals surface area contributed by atoms with Crippen molar-refractivity contribution in [2.24, 2.45) is 0 Å². The SMILES string of the molecule is Cc1ccc(C)c(NC(=O)[C@H](C)Oc2ccc(C)c(C)c2)c1. The molecule has 3 heteroatoms. The molecule has 1 atom stereocenters. The smallest absolute Gasteiger partial charge is 0.265 e. The topological polar surface area (TPSA) is 38.3 Å². The lowest BCUT2D eigenvalue weighted by Gasteiger charge is -2.16. The van der Waals surface area contributed by atoms with E-state index in [4.69, 9.17) is 4.74 Å². The minimum Gasteiger partial charge on any atom is -0.481 e. The first-order chi connectivity index (χ1) is 10.4. The molecule has 1 N–H and O–H groups in total. The molecule has 0 aliphatic heterocycles. The maximum atomic E-state index is 12.3. The second kappa shape index (κ2) is 6.65. The normalized spacial score (nSPS) is 11.9. The van der Waals surface area contributed by atoms with Crippen LogP contribution in [0.2, 0.25) is 0 Å². The third kappa shape index (κ3) is 3.88. The largest absolute Gasteiger partial charge is 0.481 e. The van der Waals surface area contributed by atoms with E-state index in [2.05, 4.69) is 12.2 Å². The number of aryl methyl sites for hydroxylation is 4. The van der Waals surface area contributed by atoms with Crippen LogP contribution in [0.4, 0.5) is 5.69 Å². The highest BCUT2D eigenvalue weighted by atomic mass is 16.5. The molecule has 22 heavy (non-hydrogen) atoms. The lowest BCUT2D eigenvalue weighted by atomic mass is 10.1. The number of benzene rings is 2. The van der Waals surface area contributed by atoms with Gasteiger partial charge in [0, 0.05) is 5.69 Å². The summed E-state index contributed by atoms with van der Waals surface area (Å²) in [6, 6.07) is 11.8. The van der Waals surface area contributed by atoms with E-state index >= 15 is 0 Å². The van der Waals surface area contributed by atoms with E-state index in [1.54, 1.807) is 6.92 Å². The summed E-state index contributed by atoms with van der Waals surface area (Å²) >= 11 is 0. The Labute approximate surface area is 132 Å². The Bertz CT molecular complexity index is 692. The minimum atomic E-state index is -0.554. The number of hydrogen-bond donors (Lipinski definition) is 1. The van der Waals surface area contributed by atoms with Crippen molar-refractivity contribution in [1.82, 2.24) is 0 Å². The number of anilines is 1. The monoisotopic (exact) mass is 297 g/mol. The van der Waals surface area contributed by atoms with E-state index in [0.29, 0.717) is 5.75 Å². The van der Waals surface area contributed by atoms with E-state index in [1.165, 1.54) is 5.56 Å². The van der Waals surface area contributed by atoms with Crippen molar-refractivity contribution >= 4 is 11.6 Å². The third-order valence-electron chi connectivity index (χ3n) is 3.81. The molecule has 0 saturated heterocycles. The predicted molar refractivity (Wildman–Crippen MR) is 90.6 cm³/mol. The van der Waals surface area contributed by atoms with Crippen LogP contribution in [-0.4, -0.2) is 12.0 Å². The first kappa shape index (κ1) is 16.1. The minimum absolute atomic E-state index is 0.146. The second-order valence-electron chi connectivity index (χ2n) is 5.81. The maximum Gasteiger partial charge on any atom is 0.265 e. The zero-order valence-electron chi connectivity index (χ0n) is 13.9. The first-order valence-electron chi connectivity index (χ1n) is 7.49.